The minimum Gasteiger partial charge on any atom is -0.493 e. The van der Waals surface area contributed by atoms with E-state index in [0.717, 1.165) is 55.6 Å². The summed E-state index contributed by atoms with van der Waals surface area (Å²) in [6, 6.07) is 9.85. The average Bonchev–Trinajstić information content (AvgIpc) is 3.36. The fourth-order valence-corrected chi connectivity index (χ4v) is 4.78. The van der Waals surface area contributed by atoms with Crippen molar-refractivity contribution in [2.45, 2.75) is 64.5 Å². The lowest BCUT2D eigenvalue weighted by Crippen LogP contribution is -2.46. The summed E-state index contributed by atoms with van der Waals surface area (Å²) in [5.74, 6) is 3.13. The zero-order valence-corrected chi connectivity index (χ0v) is 20.5. The van der Waals surface area contributed by atoms with Gasteiger partial charge in [0.1, 0.15) is 18.1 Å². The van der Waals surface area contributed by atoms with Gasteiger partial charge in [-0.15, -0.1) is 0 Å². The van der Waals surface area contributed by atoms with Crippen LogP contribution in [0.25, 0.3) is 0 Å². The van der Waals surface area contributed by atoms with Gasteiger partial charge in [-0.25, -0.2) is 0 Å². The summed E-state index contributed by atoms with van der Waals surface area (Å²) in [5.41, 5.74) is 1.05. The van der Waals surface area contributed by atoms with Crippen molar-refractivity contribution in [1.29, 1.82) is 0 Å². The van der Waals surface area contributed by atoms with E-state index in [4.69, 9.17) is 13.9 Å². The molecule has 0 aliphatic heterocycles. The van der Waals surface area contributed by atoms with E-state index in [1.807, 2.05) is 47.1 Å². The van der Waals surface area contributed by atoms with Gasteiger partial charge in [0, 0.05) is 18.5 Å². The van der Waals surface area contributed by atoms with Crippen LogP contribution in [0, 0.1) is 12.8 Å². The summed E-state index contributed by atoms with van der Waals surface area (Å²) < 4.78 is 16.5. The molecule has 2 fully saturated rings. The molecule has 0 spiro atoms. The Bertz CT molecular complexity index is 991. The summed E-state index contributed by atoms with van der Waals surface area (Å²) in [4.78, 5) is 30.3. The predicted octanol–water partition coefficient (Wildman–Crippen LogP) is 4.36. The average molecular weight is 469 g/mol. The Labute approximate surface area is 202 Å². The van der Waals surface area contributed by atoms with E-state index >= 15 is 0 Å². The minimum atomic E-state index is -0.0345. The number of aryl methyl sites for hydroxylation is 1. The Morgan fingerprint density at radius 1 is 1.00 bits per heavy atom. The highest BCUT2D eigenvalue weighted by atomic mass is 16.5. The highest BCUT2D eigenvalue weighted by Crippen LogP contribution is 2.33. The van der Waals surface area contributed by atoms with Crippen LogP contribution >= 0.6 is 0 Å². The van der Waals surface area contributed by atoms with E-state index in [-0.39, 0.29) is 30.3 Å². The van der Waals surface area contributed by atoms with E-state index in [1.54, 1.807) is 14.2 Å². The second kappa shape index (κ2) is 11.0. The molecule has 0 N–H and O–H groups in total. The van der Waals surface area contributed by atoms with Gasteiger partial charge in [0.2, 0.25) is 11.8 Å². The number of methoxy groups -OCH3 is 2. The highest BCUT2D eigenvalue weighted by molar-refractivity contribution is 5.86. The number of amides is 2. The van der Waals surface area contributed by atoms with Crippen LogP contribution in [-0.2, 0) is 22.6 Å². The van der Waals surface area contributed by atoms with Crippen LogP contribution in [0.2, 0.25) is 0 Å². The first kappa shape index (κ1) is 24.2. The molecule has 0 saturated heterocycles. The van der Waals surface area contributed by atoms with Crippen LogP contribution in [0.3, 0.4) is 0 Å². The van der Waals surface area contributed by atoms with E-state index in [2.05, 4.69) is 0 Å². The number of hydrogen-bond acceptors (Lipinski definition) is 5. The Balaban J connectivity index is 1.47. The van der Waals surface area contributed by atoms with Gasteiger partial charge in [0.05, 0.1) is 20.8 Å². The molecule has 7 heteroatoms. The largest absolute Gasteiger partial charge is 0.493 e. The summed E-state index contributed by atoms with van der Waals surface area (Å²) >= 11 is 0. The van der Waals surface area contributed by atoms with Crippen molar-refractivity contribution in [3.05, 3.63) is 47.4 Å². The molecule has 0 bridgehead atoms. The third kappa shape index (κ3) is 5.93. The van der Waals surface area contributed by atoms with Gasteiger partial charge < -0.3 is 23.7 Å². The molecule has 2 saturated carbocycles. The minimum absolute atomic E-state index is 0.0345. The fraction of sp³-hybridized carbons (Fsp3) is 0.556. The maximum atomic E-state index is 13.5. The first-order valence-electron chi connectivity index (χ1n) is 12.3. The monoisotopic (exact) mass is 468 g/mol. The van der Waals surface area contributed by atoms with Crippen molar-refractivity contribution in [1.82, 2.24) is 9.80 Å². The molecule has 4 rings (SSSR count). The lowest BCUT2D eigenvalue weighted by molar-refractivity contribution is -0.143. The van der Waals surface area contributed by atoms with Crippen LogP contribution in [-0.4, -0.2) is 55.0 Å². The van der Waals surface area contributed by atoms with E-state index in [1.165, 1.54) is 0 Å². The summed E-state index contributed by atoms with van der Waals surface area (Å²) in [7, 11) is 3.23. The number of hydrogen-bond donors (Lipinski definition) is 0. The van der Waals surface area contributed by atoms with E-state index in [9.17, 15) is 9.59 Å². The molecule has 0 atom stereocenters. The third-order valence-electron chi connectivity index (χ3n) is 6.89. The highest BCUT2D eigenvalue weighted by Gasteiger charge is 2.38. The zero-order valence-electron chi connectivity index (χ0n) is 20.5. The van der Waals surface area contributed by atoms with Crippen molar-refractivity contribution in [3.8, 4) is 11.5 Å². The smallest absolute Gasteiger partial charge is 0.242 e. The van der Waals surface area contributed by atoms with Crippen molar-refractivity contribution in [3.63, 3.8) is 0 Å². The van der Waals surface area contributed by atoms with Gasteiger partial charge in [-0.1, -0.05) is 18.9 Å². The first-order chi connectivity index (χ1) is 16.5. The van der Waals surface area contributed by atoms with Gasteiger partial charge in [0.25, 0.3) is 0 Å². The Hall–Kier alpha value is -2.96. The Morgan fingerprint density at radius 2 is 1.74 bits per heavy atom. The normalized spacial score (nSPS) is 15.9. The lowest BCUT2D eigenvalue weighted by atomic mass is 10.1. The number of ether oxygens (including phenoxy) is 2. The molecule has 1 aromatic carbocycles. The summed E-state index contributed by atoms with van der Waals surface area (Å²) in [6.07, 6.45) is 6.77. The van der Waals surface area contributed by atoms with Gasteiger partial charge in [-0.3, -0.25) is 9.59 Å². The summed E-state index contributed by atoms with van der Waals surface area (Å²) in [6.45, 7) is 2.94. The number of nitrogens with zero attached hydrogens (tertiary/aromatic N) is 2. The van der Waals surface area contributed by atoms with Crippen LogP contribution in [0.5, 0.6) is 11.5 Å². The molecule has 1 heterocycles. The number of carbonyl (C=O) groups excluding carboxylic acids is 2. The fourth-order valence-electron chi connectivity index (χ4n) is 4.78. The maximum Gasteiger partial charge on any atom is 0.242 e. The van der Waals surface area contributed by atoms with Crippen LogP contribution < -0.4 is 9.47 Å². The topological polar surface area (TPSA) is 72.2 Å². The first-order valence-corrected chi connectivity index (χ1v) is 12.3. The Morgan fingerprint density at radius 3 is 2.35 bits per heavy atom. The van der Waals surface area contributed by atoms with Crippen molar-refractivity contribution < 1.29 is 23.5 Å². The molecule has 184 valence electrons. The van der Waals surface area contributed by atoms with Gasteiger partial charge in [-0.2, -0.15) is 0 Å². The van der Waals surface area contributed by atoms with Crippen molar-refractivity contribution >= 4 is 11.8 Å². The quantitative estimate of drug-likeness (QED) is 0.490. The number of rotatable bonds is 11. The van der Waals surface area contributed by atoms with Gasteiger partial charge in [-0.05, 0) is 68.9 Å². The molecule has 34 heavy (non-hydrogen) atoms. The SMILES string of the molecule is COc1ccc(CCN(Cc2ccc(C)o2)C(=O)CN(C(=O)C2CCCC2)C2CC2)cc1OC. The molecule has 1 aromatic heterocycles. The predicted molar refractivity (Wildman–Crippen MR) is 129 cm³/mol. The molecule has 2 amide bonds. The van der Waals surface area contributed by atoms with Gasteiger partial charge in [0.15, 0.2) is 11.5 Å². The van der Waals surface area contributed by atoms with E-state index < -0.39 is 0 Å². The summed E-state index contributed by atoms with van der Waals surface area (Å²) in [5, 5.41) is 0. The molecule has 2 aliphatic rings. The number of benzene rings is 1. The molecule has 2 aromatic rings. The van der Waals surface area contributed by atoms with Crippen molar-refractivity contribution in [2.24, 2.45) is 5.92 Å². The maximum absolute atomic E-state index is 13.5. The molecule has 0 unspecified atom stereocenters. The standard InChI is InChI=1S/C27H36N2O5/c1-19-8-12-23(34-19)17-28(15-14-20-9-13-24(32-2)25(16-20)33-3)26(30)18-29(22-10-11-22)27(31)21-6-4-5-7-21/h8-9,12-13,16,21-22H,4-7,10-11,14-15,17-18H2,1-3H3. The molecular formula is C27H36N2O5. The van der Waals surface area contributed by atoms with Crippen LogP contribution in [0.4, 0.5) is 0 Å². The second-order valence-electron chi connectivity index (χ2n) is 9.45. The number of carbonyl (C=O) groups is 2. The molecule has 2 aliphatic carbocycles. The third-order valence-corrected chi connectivity index (χ3v) is 6.89. The van der Waals surface area contributed by atoms with Crippen molar-refractivity contribution in [2.75, 3.05) is 27.3 Å². The van der Waals surface area contributed by atoms with Crippen LogP contribution in [0.1, 0.15) is 55.6 Å². The molecule has 7 nitrogen and oxygen atoms in total. The molecular weight excluding hydrogens is 432 g/mol. The van der Waals surface area contributed by atoms with Gasteiger partial charge >= 0.3 is 0 Å². The molecule has 0 radical (unpaired) electrons. The van der Waals surface area contributed by atoms with Crippen LogP contribution in [0.15, 0.2) is 34.7 Å². The second-order valence-corrected chi connectivity index (χ2v) is 9.45. The van der Waals surface area contributed by atoms with E-state index in [0.29, 0.717) is 31.0 Å². The zero-order chi connectivity index (χ0) is 24.1. The Kier molecular flexibility index (Phi) is 7.80. The lowest BCUT2D eigenvalue weighted by Gasteiger charge is -2.29. The number of furan rings is 1.